The zero-order valence-corrected chi connectivity index (χ0v) is 17.5. The number of ether oxygens (including phenoxy) is 1. The highest BCUT2D eigenvalue weighted by molar-refractivity contribution is 7.92. The molecule has 32 heavy (non-hydrogen) atoms. The number of anilines is 1. The van der Waals surface area contributed by atoms with Crippen LogP contribution < -0.4 is 4.31 Å². The minimum absolute atomic E-state index is 0.135. The van der Waals surface area contributed by atoms with E-state index in [4.69, 9.17) is 4.74 Å². The minimum atomic E-state index is -4.81. The molecular weight excluding hydrogens is 461 g/mol. The average Bonchev–Trinajstić information content (AvgIpc) is 3.28. The molecule has 0 aromatic carbocycles. The van der Waals surface area contributed by atoms with E-state index in [1.807, 2.05) is 0 Å². The average molecular weight is 476 g/mol. The second-order valence-electron chi connectivity index (χ2n) is 6.31. The van der Waals surface area contributed by atoms with Gasteiger partial charge in [0.05, 0.1) is 31.2 Å². The van der Waals surface area contributed by atoms with Gasteiger partial charge in [-0.05, 0) is 27.8 Å². The molecule has 0 aliphatic rings. The first-order valence-electron chi connectivity index (χ1n) is 8.52. The highest BCUT2D eigenvalue weighted by atomic mass is 32.2. The van der Waals surface area contributed by atoms with Gasteiger partial charge in [-0.3, -0.25) is 4.79 Å². The molecule has 0 atom stereocenters. The van der Waals surface area contributed by atoms with Gasteiger partial charge >= 0.3 is 6.18 Å². The second-order valence-corrected chi connectivity index (χ2v) is 8.14. The van der Waals surface area contributed by atoms with E-state index in [1.165, 1.54) is 14.1 Å². The molecule has 14 nitrogen and oxygen atoms in total. The Morgan fingerprint density at radius 3 is 2.41 bits per heavy atom. The Hall–Kier alpha value is -3.54. The summed E-state index contributed by atoms with van der Waals surface area (Å²) in [4.78, 5) is 17.7. The van der Waals surface area contributed by atoms with Crippen molar-refractivity contribution in [3.63, 3.8) is 0 Å². The Kier molecular flexibility index (Phi) is 6.17. The molecular formula is C14H15F3N10O4S. The maximum atomic E-state index is 13.2. The summed E-state index contributed by atoms with van der Waals surface area (Å²) in [5, 5.41) is 21.3. The molecule has 0 spiro atoms. The van der Waals surface area contributed by atoms with Gasteiger partial charge in [-0.2, -0.15) is 22.3 Å². The Morgan fingerprint density at radius 2 is 1.88 bits per heavy atom. The lowest BCUT2D eigenvalue weighted by molar-refractivity contribution is -0.141. The van der Waals surface area contributed by atoms with Crippen LogP contribution in [-0.2, 0) is 48.2 Å². The molecule has 0 radical (unpaired) electrons. The first-order valence-corrected chi connectivity index (χ1v) is 10.4. The lowest BCUT2D eigenvalue weighted by atomic mass is 10.1. The molecule has 0 aliphatic carbocycles. The van der Waals surface area contributed by atoms with Crippen molar-refractivity contribution in [1.29, 1.82) is 0 Å². The van der Waals surface area contributed by atoms with Crippen molar-refractivity contribution in [2.24, 2.45) is 14.1 Å². The third-order valence-electron chi connectivity index (χ3n) is 3.81. The number of carbonyl (C=O) groups is 1. The molecule has 0 saturated heterocycles. The molecule has 18 heteroatoms. The third-order valence-corrected chi connectivity index (χ3v) is 4.80. The summed E-state index contributed by atoms with van der Waals surface area (Å²) in [7, 11) is -1.49. The summed E-state index contributed by atoms with van der Waals surface area (Å²) in [6, 6.07) is 1.36. The number of hydrogen-bond acceptors (Lipinski definition) is 11. The maximum absolute atomic E-state index is 13.2. The van der Waals surface area contributed by atoms with Gasteiger partial charge in [-0.1, -0.05) is 5.10 Å². The predicted molar refractivity (Wildman–Crippen MR) is 97.0 cm³/mol. The molecule has 3 rings (SSSR count). The summed E-state index contributed by atoms with van der Waals surface area (Å²) < 4.78 is 70.5. The topological polar surface area (TPSA) is 164 Å². The van der Waals surface area contributed by atoms with Crippen LogP contribution in [0.25, 0.3) is 0 Å². The van der Waals surface area contributed by atoms with Crippen LogP contribution in [0.1, 0.15) is 27.6 Å². The van der Waals surface area contributed by atoms with E-state index in [-0.39, 0.29) is 16.7 Å². The van der Waals surface area contributed by atoms with Gasteiger partial charge in [0, 0.05) is 7.05 Å². The summed E-state index contributed by atoms with van der Waals surface area (Å²) in [6.07, 6.45) is -4.10. The number of rotatable bonds is 7. The molecule has 0 N–H and O–H groups in total. The number of pyridine rings is 1. The largest absolute Gasteiger partial charge is 0.433 e. The van der Waals surface area contributed by atoms with Gasteiger partial charge in [0.25, 0.3) is 11.9 Å². The molecule has 3 aromatic heterocycles. The van der Waals surface area contributed by atoms with Gasteiger partial charge in [0.15, 0.2) is 5.82 Å². The van der Waals surface area contributed by atoms with E-state index >= 15 is 0 Å². The molecule has 3 heterocycles. The number of halogens is 3. The number of hydrogen-bond donors (Lipinski definition) is 0. The summed E-state index contributed by atoms with van der Waals surface area (Å²) in [5.41, 5.74) is -2.22. The number of carbonyl (C=O) groups excluding carboxylic acids is 1. The second kappa shape index (κ2) is 8.54. The first-order chi connectivity index (χ1) is 14.9. The van der Waals surface area contributed by atoms with Gasteiger partial charge in [-0.25, -0.2) is 18.1 Å². The Morgan fingerprint density at radius 1 is 1.16 bits per heavy atom. The molecule has 0 unspecified atom stereocenters. The van der Waals surface area contributed by atoms with Gasteiger partial charge in [-0.15, -0.1) is 10.2 Å². The lowest BCUT2D eigenvalue weighted by Crippen LogP contribution is -2.39. The van der Waals surface area contributed by atoms with Crippen LogP contribution in [0.15, 0.2) is 12.1 Å². The van der Waals surface area contributed by atoms with E-state index in [9.17, 15) is 26.4 Å². The van der Waals surface area contributed by atoms with Crippen LogP contribution in [0.5, 0.6) is 0 Å². The zero-order chi connectivity index (χ0) is 23.7. The number of sulfonamides is 1. The normalized spacial score (nSPS) is 12.2. The molecule has 0 aliphatic heterocycles. The molecule has 0 fully saturated rings. The Labute approximate surface area is 178 Å². The number of nitrogens with zero attached hydrogens (tertiary/aromatic N) is 10. The monoisotopic (exact) mass is 476 g/mol. The number of aryl methyl sites for hydroxylation is 2. The van der Waals surface area contributed by atoms with Crippen LogP contribution in [0.2, 0.25) is 0 Å². The SMILES string of the molecule is Cn1nnc(COCc2nc(C(F)(F)F)ccc2C(=O)N(c2nnnn2C)S(C)(=O)=O)n1. The fourth-order valence-corrected chi connectivity index (χ4v) is 3.33. The van der Waals surface area contributed by atoms with E-state index in [1.54, 1.807) is 0 Å². The van der Waals surface area contributed by atoms with Crippen LogP contribution in [0.3, 0.4) is 0 Å². The number of aromatic nitrogens is 9. The van der Waals surface area contributed by atoms with Crippen molar-refractivity contribution >= 4 is 21.9 Å². The third kappa shape index (κ3) is 5.02. The van der Waals surface area contributed by atoms with E-state index in [2.05, 4.69) is 35.9 Å². The van der Waals surface area contributed by atoms with Crippen LogP contribution in [0.4, 0.5) is 19.1 Å². The number of alkyl halides is 3. The first kappa shape index (κ1) is 23.1. The van der Waals surface area contributed by atoms with Crippen LogP contribution in [0, 0.1) is 0 Å². The molecule has 3 aromatic rings. The van der Waals surface area contributed by atoms with E-state index in [0.29, 0.717) is 12.3 Å². The van der Waals surface area contributed by atoms with Crippen molar-refractivity contribution < 1.29 is 31.1 Å². The van der Waals surface area contributed by atoms with Crippen LogP contribution >= 0.6 is 0 Å². The highest BCUT2D eigenvalue weighted by Crippen LogP contribution is 2.29. The molecule has 1 amide bonds. The van der Waals surface area contributed by atoms with Crippen molar-refractivity contribution in [2.45, 2.75) is 19.4 Å². The number of tetrazole rings is 2. The summed E-state index contributed by atoms with van der Waals surface area (Å²) in [5.74, 6) is -1.55. The smallest absolute Gasteiger partial charge is 0.367 e. The quantitative estimate of drug-likeness (QED) is 0.430. The highest BCUT2D eigenvalue weighted by Gasteiger charge is 2.36. The standard InChI is InChI=1S/C14H15F3N10O4S/c1-25-13(20-22-24-25)27(32(3,29)30)12(28)8-4-5-10(14(15,16)17)18-9(8)6-31-7-11-19-23-26(2)21-11/h4-5H,6-7H2,1-3H3. The summed E-state index contributed by atoms with van der Waals surface area (Å²) >= 11 is 0. The zero-order valence-electron chi connectivity index (χ0n) is 16.7. The minimum Gasteiger partial charge on any atom is -0.367 e. The molecule has 172 valence electrons. The predicted octanol–water partition coefficient (Wildman–Crippen LogP) is -0.529. The fourth-order valence-electron chi connectivity index (χ4n) is 2.48. The summed E-state index contributed by atoms with van der Waals surface area (Å²) in [6.45, 7) is -0.833. The Bertz CT molecular complexity index is 1240. The maximum Gasteiger partial charge on any atom is 0.433 e. The number of amides is 1. The van der Waals surface area contributed by atoms with Gasteiger partial charge < -0.3 is 4.74 Å². The van der Waals surface area contributed by atoms with Crippen molar-refractivity contribution in [3.8, 4) is 0 Å². The fraction of sp³-hybridized carbons (Fsp3) is 0.429. The lowest BCUT2D eigenvalue weighted by Gasteiger charge is -2.19. The molecule has 0 saturated carbocycles. The van der Waals surface area contributed by atoms with Crippen molar-refractivity contribution in [3.05, 3.63) is 34.9 Å². The van der Waals surface area contributed by atoms with Crippen LogP contribution in [-0.4, -0.2) is 66.0 Å². The van der Waals surface area contributed by atoms with E-state index in [0.717, 1.165) is 15.5 Å². The van der Waals surface area contributed by atoms with E-state index < -0.39 is 51.6 Å². The molecule has 0 bridgehead atoms. The van der Waals surface area contributed by atoms with Gasteiger partial charge in [0.1, 0.15) is 12.3 Å². The van der Waals surface area contributed by atoms with Gasteiger partial charge in [0.2, 0.25) is 10.0 Å². The Balaban J connectivity index is 1.99. The van der Waals surface area contributed by atoms with Crippen molar-refractivity contribution in [1.82, 2.24) is 45.4 Å². The van der Waals surface area contributed by atoms with Crippen molar-refractivity contribution in [2.75, 3.05) is 10.6 Å².